The molecule has 0 saturated heterocycles. The molecule has 5 heteroatoms. The highest BCUT2D eigenvalue weighted by Crippen LogP contribution is 2.34. The van der Waals surface area contributed by atoms with Crippen molar-refractivity contribution in [1.29, 1.82) is 0 Å². The van der Waals surface area contributed by atoms with Gasteiger partial charge < -0.3 is 5.32 Å². The maximum Gasteiger partial charge on any atom is 0.433 e. The maximum absolute atomic E-state index is 12.9. The molecule has 0 saturated carbocycles. The minimum Gasteiger partial charge on any atom is -0.384 e. The Morgan fingerprint density at radius 1 is 1.19 bits per heavy atom. The number of pyridine rings is 1. The van der Waals surface area contributed by atoms with Crippen molar-refractivity contribution in [1.82, 2.24) is 4.98 Å². The molecule has 2 aromatic rings. The second-order valence-corrected chi connectivity index (χ2v) is 5.41. The minimum atomic E-state index is -4.44. The largest absolute Gasteiger partial charge is 0.433 e. The Kier molecular flexibility index (Phi) is 4.40. The minimum absolute atomic E-state index is 0.315. The maximum atomic E-state index is 12.9. The van der Waals surface area contributed by atoms with Gasteiger partial charge in [0.15, 0.2) is 0 Å². The number of rotatable bonds is 4. The molecule has 1 aromatic carbocycles. The van der Waals surface area contributed by atoms with Gasteiger partial charge in [-0.2, -0.15) is 13.2 Å². The third-order valence-electron chi connectivity index (χ3n) is 3.36. The molecule has 2 nitrogen and oxygen atoms in total. The molecule has 114 valence electrons. The number of anilines is 1. The molecule has 0 amide bonds. The van der Waals surface area contributed by atoms with Crippen molar-refractivity contribution < 1.29 is 13.2 Å². The predicted molar refractivity (Wildman–Crippen MR) is 79.6 cm³/mol. The van der Waals surface area contributed by atoms with Gasteiger partial charge in [0.25, 0.3) is 0 Å². The molecule has 1 aromatic heterocycles. The van der Waals surface area contributed by atoms with Crippen molar-refractivity contribution in [3.8, 4) is 0 Å². The van der Waals surface area contributed by atoms with Gasteiger partial charge in [0.05, 0.1) is 5.52 Å². The zero-order valence-electron chi connectivity index (χ0n) is 12.4. The molecule has 1 heterocycles. The lowest BCUT2D eigenvalue weighted by atomic mass is 10.00. The van der Waals surface area contributed by atoms with Crippen molar-refractivity contribution in [2.24, 2.45) is 0 Å². The molecular weight excluding hydrogens is 277 g/mol. The Morgan fingerprint density at radius 3 is 2.48 bits per heavy atom. The van der Waals surface area contributed by atoms with Crippen LogP contribution in [0.1, 0.15) is 44.4 Å². The average Bonchev–Trinajstić information content (AvgIpc) is 2.42. The highest BCUT2D eigenvalue weighted by Gasteiger charge is 2.33. The highest BCUT2D eigenvalue weighted by atomic mass is 19.4. The second-order valence-electron chi connectivity index (χ2n) is 5.41. The van der Waals surface area contributed by atoms with Crippen LogP contribution in [0.4, 0.5) is 18.9 Å². The van der Waals surface area contributed by atoms with Crippen LogP contribution in [-0.4, -0.2) is 11.5 Å². The van der Waals surface area contributed by atoms with Gasteiger partial charge in [0, 0.05) is 17.6 Å². The van der Waals surface area contributed by atoms with Crippen LogP contribution in [0.2, 0.25) is 0 Å². The van der Waals surface area contributed by atoms with Crippen LogP contribution < -0.4 is 5.32 Å². The summed E-state index contributed by atoms with van der Waals surface area (Å²) in [4.78, 5) is 3.75. The van der Waals surface area contributed by atoms with Gasteiger partial charge in [-0.3, -0.25) is 0 Å². The summed E-state index contributed by atoms with van der Waals surface area (Å²) in [6.45, 7) is 6.71. The van der Waals surface area contributed by atoms with E-state index in [9.17, 15) is 13.2 Å². The first kappa shape index (κ1) is 15.6. The van der Waals surface area contributed by atoms with E-state index in [1.165, 1.54) is 0 Å². The van der Waals surface area contributed by atoms with Crippen LogP contribution in [0, 0.1) is 0 Å². The Balaban J connectivity index is 2.62. The molecular formula is C16H19F3N2. The standard InChI is InChI=1S/C16H19F3N2/c1-4-7-20-14-9-15(16(17,18)19)21-13-6-5-11(10(2)3)8-12(13)14/h5-6,8-10H,4,7H2,1-3H3,(H,20,21). The number of alkyl halides is 3. The summed E-state index contributed by atoms with van der Waals surface area (Å²) in [6, 6.07) is 6.52. The van der Waals surface area contributed by atoms with E-state index in [-0.39, 0.29) is 0 Å². The number of halogens is 3. The number of hydrogen-bond donors (Lipinski definition) is 1. The van der Waals surface area contributed by atoms with E-state index < -0.39 is 11.9 Å². The molecule has 0 bridgehead atoms. The van der Waals surface area contributed by atoms with Crippen molar-refractivity contribution >= 4 is 16.6 Å². The van der Waals surface area contributed by atoms with Crippen LogP contribution in [0.15, 0.2) is 24.3 Å². The summed E-state index contributed by atoms with van der Waals surface area (Å²) in [5.74, 6) is 0.315. The van der Waals surface area contributed by atoms with Crippen molar-refractivity contribution in [2.75, 3.05) is 11.9 Å². The lowest BCUT2D eigenvalue weighted by Gasteiger charge is -2.15. The number of nitrogens with zero attached hydrogens (tertiary/aromatic N) is 1. The van der Waals surface area contributed by atoms with E-state index in [0.717, 1.165) is 23.4 Å². The van der Waals surface area contributed by atoms with Gasteiger partial charge in [0.2, 0.25) is 0 Å². The SMILES string of the molecule is CCCNc1cc(C(F)(F)F)nc2ccc(C(C)C)cc12. The summed E-state index contributed by atoms with van der Waals surface area (Å²) >= 11 is 0. The number of benzene rings is 1. The van der Waals surface area contributed by atoms with Gasteiger partial charge in [-0.05, 0) is 36.1 Å². The summed E-state index contributed by atoms with van der Waals surface area (Å²) in [5.41, 5.74) is 1.10. The van der Waals surface area contributed by atoms with Gasteiger partial charge in [0.1, 0.15) is 5.69 Å². The summed E-state index contributed by atoms with van der Waals surface area (Å²) in [6.07, 6.45) is -3.59. The summed E-state index contributed by atoms with van der Waals surface area (Å²) in [5, 5.41) is 3.81. The Morgan fingerprint density at radius 2 is 1.90 bits per heavy atom. The van der Waals surface area contributed by atoms with E-state index in [2.05, 4.69) is 24.1 Å². The molecule has 0 fully saturated rings. The Labute approximate surface area is 122 Å². The monoisotopic (exact) mass is 296 g/mol. The van der Waals surface area contributed by atoms with Crippen LogP contribution in [-0.2, 0) is 6.18 Å². The zero-order valence-corrected chi connectivity index (χ0v) is 12.4. The average molecular weight is 296 g/mol. The fraction of sp³-hybridized carbons (Fsp3) is 0.438. The van der Waals surface area contributed by atoms with Crippen molar-refractivity contribution in [3.63, 3.8) is 0 Å². The van der Waals surface area contributed by atoms with E-state index in [1.807, 2.05) is 19.1 Å². The van der Waals surface area contributed by atoms with Gasteiger partial charge in [-0.1, -0.05) is 26.8 Å². The summed E-state index contributed by atoms with van der Waals surface area (Å²) in [7, 11) is 0. The molecule has 0 aliphatic heterocycles. The fourth-order valence-corrected chi connectivity index (χ4v) is 2.15. The first-order valence-corrected chi connectivity index (χ1v) is 7.08. The van der Waals surface area contributed by atoms with Gasteiger partial charge in [-0.25, -0.2) is 4.98 Å². The van der Waals surface area contributed by atoms with Gasteiger partial charge >= 0.3 is 6.18 Å². The lowest BCUT2D eigenvalue weighted by Crippen LogP contribution is -2.10. The quantitative estimate of drug-likeness (QED) is 0.839. The number of fused-ring (bicyclic) bond motifs is 1. The zero-order chi connectivity index (χ0) is 15.6. The molecule has 1 N–H and O–H groups in total. The second kappa shape index (κ2) is 5.92. The Hall–Kier alpha value is -1.78. The van der Waals surface area contributed by atoms with Crippen molar-refractivity contribution in [3.05, 3.63) is 35.5 Å². The molecule has 0 aliphatic carbocycles. The first-order valence-electron chi connectivity index (χ1n) is 7.08. The van der Waals surface area contributed by atoms with Crippen LogP contribution >= 0.6 is 0 Å². The van der Waals surface area contributed by atoms with E-state index in [1.54, 1.807) is 6.07 Å². The predicted octanol–water partition coefficient (Wildman–Crippen LogP) is 5.20. The molecule has 0 unspecified atom stereocenters. The number of aromatic nitrogens is 1. The van der Waals surface area contributed by atoms with Crippen LogP contribution in [0.3, 0.4) is 0 Å². The third kappa shape index (κ3) is 3.46. The fourth-order valence-electron chi connectivity index (χ4n) is 2.15. The third-order valence-corrected chi connectivity index (χ3v) is 3.36. The first-order chi connectivity index (χ1) is 9.82. The normalized spacial score (nSPS) is 12.1. The molecule has 2 rings (SSSR count). The number of nitrogens with one attached hydrogen (secondary N) is 1. The number of hydrogen-bond acceptors (Lipinski definition) is 2. The van der Waals surface area contributed by atoms with E-state index in [0.29, 0.717) is 23.7 Å². The van der Waals surface area contributed by atoms with Crippen LogP contribution in [0.5, 0.6) is 0 Å². The molecule has 0 radical (unpaired) electrons. The highest BCUT2D eigenvalue weighted by molar-refractivity contribution is 5.92. The molecule has 21 heavy (non-hydrogen) atoms. The topological polar surface area (TPSA) is 24.9 Å². The smallest absolute Gasteiger partial charge is 0.384 e. The van der Waals surface area contributed by atoms with Crippen molar-refractivity contribution in [2.45, 2.75) is 39.3 Å². The Bertz CT molecular complexity index is 633. The lowest BCUT2D eigenvalue weighted by molar-refractivity contribution is -0.140. The van der Waals surface area contributed by atoms with E-state index >= 15 is 0 Å². The van der Waals surface area contributed by atoms with E-state index in [4.69, 9.17) is 0 Å². The molecule has 0 spiro atoms. The van der Waals surface area contributed by atoms with Gasteiger partial charge in [-0.15, -0.1) is 0 Å². The summed E-state index contributed by atoms with van der Waals surface area (Å²) < 4.78 is 38.8. The van der Waals surface area contributed by atoms with Crippen LogP contribution in [0.25, 0.3) is 10.9 Å². The molecule has 0 aliphatic rings. The molecule has 0 atom stereocenters.